The first-order valence-electron chi connectivity index (χ1n) is 14.1. The first-order valence-corrected chi connectivity index (χ1v) is 14.1. The molecule has 1 saturated heterocycles. The van der Waals surface area contributed by atoms with E-state index in [0.717, 1.165) is 45.6 Å². The van der Waals surface area contributed by atoms with Crippen LogP contribution in [0.15, 0.2) is 97.1 Å². The van der Waals surface area contributed by atoms with Crippen molar-refractivity contribution in [3.05, 3.63) is 114 Å². The molecule has 39 heavy (non-hydrogen) atoms. The zero-order valence-corrected chi connectivity index (χ0v) is 22.4. The van der Waals surface area contributed by atoms with Gasteiger partial charge in [-0.2, -0.15) is 0 Å². The normalized spacial score (nSPS) is 13.7. The van der Waals surface area contributed by atoms with Crippen LogP contribution in [0.3, 0.4) is 0 Å². The van der Waals surface area contributed by atoms with Crippen molar-refractivity contribution in [3.8, 4) is 0 Å². The van der Waals surface area contributed by atoms with Crippen LogP contribution in [0.25, 0.3) is 21.8 Å². The van der Waals surface area contributed by atoms with Crippen LogP contribution in [0.2, 0.25) is 0 Å². The number of nitrogens with one attached hydrogen (secondary N) is 2. The first-order chi connectivity index (χ1) is 19.2. The van der Waals surface area contributed by atoms with E-state index in [1.54, 1.807) is 0 Å². The molecule has 0 unspecified atom stereocenters. The van der Waals surface area contributed by atoms with Crippen molar-refractivity contribution < 1.29 is 4.79 Å². The van der Waals surface area contributed by atoms with E-state index >= 15 is 0 Å². The molecule has 0 aliphatic carbocycles. The Hall–Kier alpha value is -4.09. The number of carbonyl (C=O) groups is 1. The molecule has 198 valence electrons. The standard InChI is InChI=1S/C34H36N4O/c39-34(36-19-18-26-6-2-1-3-7-26)17-13-27-12-16-31-30-8-4-5-9-32(30)38(33(31)24-27)25-28-10-14-29(15-11-28)37-22-20-35-21-23-37/h1-12,14-16,24,35H,13,17-23,25H2,(H,36,39). The fourth-order valence-corrected chi connectivity index (χ4v) is 5.68. The molecule has 4 aromatic carbocycles. The lowest BCUT2D eigenvalue weighted by atomic mass is 10.1. The predicted molar refractivity (Wildman–Crippen MR) is 162 cm³/mol. The summed E-state index contributed by atoms with van der Waals surface area (Å²) in [5.41, 5.74) is 7.50. The lowest BCUT2D eigenvalue weighted by Gasteiger charge is -2.29. The third-order valence-corrected chi connectivity index (χ3v) is 7.82. The molecule has 1 aromatic heterocycles. The van der Waals surface area contributed by atoms with Crippen molar-refractivity contribution in [2.45, 2.75) is 25.8 Å². The van der Waals surface area contributed by atoms with Crippen LogP contribution in [-0.4, -0.2) is 43.2 Å². The van der Waals surface area contributed by atoms with Crippen LogP contribution in [0, 0.1) is 0 Å². The second kappa shape index (κ2) is 11.7. The molecule has 0 radical (unpaired) electrons. The second-order valence-electron chi connectivity index (χ2n) is 10.4. The number of aromatic nitrogens is 1. The van der Waals surface area contributed by atoms with E-state index in [-0.39, 0.29) is 5.91 Å². The number of nitrogens with zero attached hydrogens (tertiary/aromatic N) is 2. The van der Waals surface area contributed by atoms with E-state index in [4.69, 9.17) is 0 Å². The van der Waals surface area contributed by atoms with Crippen LogP contribution in [0.1, 0.15) is 23.1 Å². The highest BCUT2D eigenvalue weighted by molar-refractivity contribution is 6.08. The van der Waals surface area contributed by atoms with Crippen molar-refractivity contribution in [2.75, 3.05) is 37.6 Å². The molecule has 5 nitrogen and oxygen atoms in total. The average Bonchev–Trinajstić information content (AvgIpc) is 3.30. The number of amides is 1. The van der Waals surface area contributed by atoms with Crippen LogP contribution >= 0.6 is 0 Å². The number of para-hydroxylation sites is 1. The number of anilines is 1. The van der Waals surface area contributed by atoms with Gasteiger partial charge in [0.25, 0.3) is 0 Å². The summed E-state index contributed by atoms with van der Waals surface area (Å²) in [4.78, 5) is 15.0. The van der Waals surface area contributed by atoms with Gasteiger partial charge in [0.05, 0.1) is 0 Å². The van der Waals surface area contributed by atoms with Crippen molar-refractivity contribution in [2.24, 2.45) is 0 Å². The molecular formula is C34H36N4O. The lowest BCUT2D eigenvalue weighted by molar-refractivity contribution is -0.121. The van der Waals surface area contributed by atoms with E-state index in [1.807, 2.05) is 18.2 Å². The van der Waals surface area contributed by atoms with Crippen molar-refractivity contribution >= 4 is 33.4 Å². The molecule has 0 saturated carbocycles. The fourth-order valence-electron chi connectivity index (χ4n) is 5.68. The number of hydrogen-bond donors (Lipinski definition) is 2. The number of carbonyl (C=O) groups excluding carboxylic acids is 1. The maximum atomic E-state index is 12.5. The molecule has 2 heterocycles. The van der Waals surface area contributed by atoms with Crippen LogP contribution < -0.4 is 15.5 Å². The van der Waals surface area contributed by atoms with Gasteiger partial charge in [0.2, 0.25) is 5.91 Å². The summed E-state index contributed by atoms with van der Waals surface area (Å²) in [6, 6.07) is 34.7. The Morgan fingerprint density at radius 3 is 2.26 bits per heavy atom. The van der Waals surface area contributed by atoms with Crippen LogP contribution in [-0.2, 0) is 24.2 Å². The summed E-state index contributed by atoms with van der Waals surface area (Å²) in [6.07, 6.45) is 2.08. The maximum Gasteiger partial charge on any atom is 0.220 e. The van der Waals surface area contributed by atoms with Gasteiger partial charge in [0, 0.05) is 73.2 Å². The summed E-state index contributed by atoms with van der Waals surface area (Å²) in [6.45, 7) is 5.68. The molecule has 2 N–H and O–H groups in total. The van der Waals surface area contributed by atoms with E-state index in [0.29, 0.717) is 13.0 Å². The monoisotopic (exact) mass is 516 g/mol. The van der Waals surface area contributed by atoms with Gasteiger partial charge < -0.3 is 20.1 Å². The molecule has 1 aliphatic rings. The molecule has 5 heteroatoms. The molecule has 0 atom stereocenters. The van der Waals surface area contributed by atoms with Crippen molar-refractivity contribution in [3.63, 3.8) is 0 Å². The van der Waals surface area contributed by atoms with E-state index in [2.05, 4.69) is 99.0 Å². The number of fused-ring (bicyclic) bond motifs is 3. The minimum absolute atomic E-state index is 0.108. The van der Waals surface area contributed by atoms with Crippen molar-refractivity contribution in [1.29, 1.82) is 0 Å². The van der Waals surface area contributed by atoms with Crippen molar-refractivity contribution in [1.82, 2.24) is 15.2 Å². The Labute approximate surface area is 230 Å². The van der Waals surface area contributed by atoms with Gasteiger partial charge in [0.1, 0.15) is 0 Å². The molecular weight excluding hydrogens is 480 g/mol. The summed E-state index contributed by atoms with van der Waals surface area (Å²) in [7, 11) is 0. The number of piperazine rings is 1. The third-order valence-electron chi connectivity index (χ3n) is 7.82. The number of aryl methyl sites for hydroxylation is 1. The molecule has 1 fully saturated rings. The van der Waals surface area contributed by atoms with E-state index in [1.165, 1.54) is 44.2 Å². The van der Waals surface area contributed by atoms with Crippen LogP contribution in [0.4, 0.5) is 5.69 Å². The summed E-state index contributed by atoms with van der Waals surface area (Å²) >= 11 is 0. The topological polar surface area (TPSA) is 49.3 Å². The Morgan fingerprint density at radius 2 is 1.44 bits per heavy atom. The minimum atomic E-state index is 0.108. The quantitative estimate of drug-likeness (QED) is 0.270. The van der Waals surface area contributed by atoms with Gasteiger partial charge in [-0.1, -0.05) is 72.8 Å². The van der Waals surface area contributed by atoms with Crippen LogP contribution in [0.5, 0.6) is 0 Å². The average molecular weight is 517 g/mol. The number of hydrogen-bond acceptors (Lipinski definition) is 3. The largest absolute Gasteiger partial charge is 0.369 e. The summed E-state index contributed by atoms with van der Waals surface area (Å²) in [5, 5.41) is 9.04. The highest BCUT2D eigenvalue weighted by Crippen LogP contribution is 2.31. The molecule has 6 rings (SSSR count). The zero-order chi connectivity index (χ0) is 26.4. The second-order valence-corrected chi connectivity index (χ2v) is 10.4. The first kappa shape index (κ1) is 25.2. The summed E-state index contributed by atoms with van der Waals surface area (Å²) < 4.78 is 2.42. The fraction of sp³-hybridized carbons (Fsp3) is 0.265. The minimum Gasteiger partial charge on any atom is -0.369 e. The van der Waals surface area contributed by atoms with Gasteiger partial charge in [0.15, 0.2) is 0 Å². The SMILES string of the molecule is O=C(CCc1ccc2c3ccccc3n(Cc3ccc(N4CCNCC4)cc3)c2c1)NCCc1ccccc1. The smallest absolute Gasteiger partial charge is 0.220 e. The van der Waals surface area contributed by atoms with Gasteiger partial charge in [-0.25, -0.2) is 0 Å². The van der Waals surface area contributed by atoms with Gasteiger partial charge in [-0.3, -0.25) is 4.79 Å². The number of rotatable bonds is 9. The Kier molecular flexibility index (Phi) is 7.59. The predicted octanol–water partition coefficient (Wildman–Crippen LogP) is 5.54. The Bertz CT molecular complexity index is 1550. The van der Waals surface area contributed by atoms with Gasteiger partial charge in [-0.15, -0.1) is 0 Å². The van der Waals surface area contributed by atoms with Gasteiger partial charge >= 0.3 is 0 Å². The molecule has 0 spiro atoms. The van der Waals surface area contributed by atoms with E-state index < -0.39 is 0 Å². The molecule has 1 aliphatic heterocycles. The Balaban J connectivity index is 1.17. The highest BCUT2D eigenvalue weighted by Gasteiger charge is 2.14. The summed E-state index contributed by atoms with van der Waals surface area (Å²) in [5.74, 6) is 0.108. The zero-order valence-electron chi connectivity index (χ0n) is 22.4. The third kappa shape index (κ3) is 5.84. The maximum absolute atomic E-state index is 12.5. The Morgan fingerprint density at radius 1 is 0.718 bits per heavy atom. The van der Waals surface area contributed by atoms with E-state index in [9.17, 15) is 4.79 Å². The van der Waals surface area contributed by atoms with Gasteiger partial charge in [-0.05, 0) is 53.8 Å². The molecule has 1 amide bonds. The molecule has 0 bridgehead atoms. The lowest BCUT2D eigenvalue weighted by Crippen LogP contribution is -2.43. The number of benzene rings is 4. The highest BCUT2D eigenvalue weighted by atomic mass is 16.1. The molecule has 5 aromatic rings.